The zero-order valence-corrected chi connectivity index (χ0v) is 11.7. The summed E-state index contributed by atoms with van der Waals surface area (Å²) in [6.45, 7) is 0. The van der Waals surface area contributed by atoms with Gasteiger partial charge in [0.05, 0.1) is 0 Å². The minimum Gasteiger partial charge on any atom is -0.450 e. The van der Waals surface area contributed by atoms with Gasteiger partial charge in [0, 0.05) is 6.08 Å². The van der Waals surface area contributed by atoms with Gasteiger partial charge in [-0.15, -0.1) is 0 Å². The first-order valence-corrected chi connectivity index (χ1v) is 6.47. The number of allylic oxidation sites excluding steroid dienone is 2. The minimum atomic E-state index is -2.98. The van der Waals surface area contributed by atoms with E-state index < -0.39 is 23.9 Å². The first-order chi connectivity index (χ1) is 10.7. The van der Waals surface area contributed by atoms with E-state index in [0.29, 0.717) is 5.57 Å². The fourth-order valence-corrected chi connectivity index (χ4v) is 2.17. The monoisotopic (exact) mass is 322 g/mol. The Balaban J connectivity index is 2.40. The topological polar surface area (TPSA) is 134 Å². The van der Waals surface area contributed by atoms with Crippen molar-refractivity contribution in [2.45, 2.75) is 18.0 Å². The second kappa shape index (κ2) is 6.11. The first-order valence-electron chi connectivity index (χ1n) is 6.47. The summed E-state index contributed by atoms with van der Waals surface area (Å²) >= 11 is 0. The molecule has 0 saturated carbocycles. The van der Waals surface area contributed by atoms with Gasteiger partial charge in [-0.2, -0.15) is 0 Å². The van der Waals surface area contributed by atoms with E-state index in [1.807, 2.05) is 6.07 Å². The molecule has 122 valence electrons. The zero-order valence-electron chi connectivity index (χ0n) is 11.7. The highest BCUT2D eigenvalue weighted by molar-refractivity contribution is 5.62. The van der Waals surface area contributed by atoms with Crippen molar-refractivity contribution in [2.75, 3.05) is 0 Å². The molecule has 4 N–H and O–H groups in total. The molecule has 1 aliphatic carbocycles. The third kappa shape index (κ3) is 3.68. The van der Waals surface area contributed by atoms with Gasteiger partial charge in [0.25, 0.3) is 5.79 Å². The van der Waals surface area contributed by atoms with Gasteiger partial charge >= 0.3 is 18.1 Å². The van der Waals surface area contributed by atoms with Crippen molar-refractivity contribution in [2.24, 2.45) is 0 Å². The van der Waals surface area contributed by atoms with Crippen molar-refractivity contribution in [1.82, 2.24) is 0 Å². The molecule has 0 radical (unpaired) electrons. The Morgan fingerprint density at radius 1 is 1.00 bits per heavy atom. The van der Waals surface area contributed by atoms with E-state index in [1.165, 1.54) is 6.08 Å². The number of rotatable bonds is 4. The summed E-state index contributed by atoms with van der Waals surface area (Å²) < 4.78 is 8.72. The van der Waals surface area contributed by atoms with Crippen LogP contribution >= 0.6 is 0 Å². The van der Waals surface area contributed by atoms with Gasteiger partial charge in [-0.1, -0.05) is 36.4 Å². The van der Waals surface area contributed by atoms with Crippen molar-refractivity contribution in [3.63, 3.8) is 0 Å². The molecular formula is C15H14O8. The zero-order chi connectivity index (χ0) is 17.1. The molecule has 23 heavy (non-hydrogen) atoms. The lowest BCUT2D eigenvalue weighted by atomic mass is 9.92. The van der Waals surface area contributed by atoms with Crippen molar-refractivity contribution in [3.8, 4) is 0 Å². The van der Waals surface area contributed by atoms with Crippen molar-refractivity contribution < 1.29 is 39.5 Å². The van der Waals surface area contributed by atoms with Crippen LogP contribution in [0.2, 0.25) is 0 Å². The van der Waals surface area contributed by atoms with Crippen LogP contribution in [0.1, 0.15) is 5.56 Å². The fourth-order valence-electron chi connectivity index (χ4n) is 2.17. The normalized spacial score (nSPS) is 17.9. The van der Waals surface area contributed by atoms with Crippen LogP contribution in [0.4, 0.5) is 9.59 Å². The molecule has 0 bridgehead atoms. The molecule has 1 aromatic carbocycles. The molecule has 2 rings (SSSR count). The van der Waals surface area contributed by atoms with Crippen LogP contribution < -0.4 is 0 Å². The molecule has 0 unspecified atom stereocenters. The lowest BCUT2D eigenvalue weighted by Crippen LogP contribution is -2.58. The molecule has 1 aliphatic rings. The van der Waals surface area contributed by atoms with E-state index in [-0.39, 0.29) is 6.42 Å². The predicted octanol–water partition coefficient (Wildman–Crippen LogP) is 1.49. The molecule has 0 amide bonds. The van der Waals surface area contributed by atoms with E-state index in [0.717, 1.165) is 17.7 Å². The number of carbonyl (C=O) groups is 2. The van der Waals surface area contributed by atoms with Gasteiger partial charge in [-0.25, -0.2) is 9.59 Å². The van der Waals surface area contributed by atoms with Crippen LogP contribution in [0.15, 0.2) is 54.1 Å². The molecule has 0 aromatic heterocycles. The second-order valence-corrected chi connectivity index (χ2v) is 4.84. The van der Waals surface area contributed by atoms with E-state index in [2.05, 4.69) is 9.47 Å². The summed E-state index contributed by atoms with van der Waals surface area (Å²) in [5, 5.41) is 37.4. The highest BCUT2D eigenvalue weighted by Crippen LogP contribution is 2.35. The van der Waals surface area contributed by atoms with Crippen LogP contribution in [0, 0.1) is 0 Å². The molecule has 1 aromatic rings. The highest BCUT2D eigenvalue weighted by Gasteiger charge is 2.56. The van der Waals surface area contributed by atoms with Gasteiger partial charge in [-0.05, 0) is 23.6 Å². The van der Waals surface area contributed by atoms with Crippen molar-refractivity contribution in [3.05, 3.63) is 59.7 Å². The quantitative estimate of drug-likeness (QED) is 0.484. The predicted molar refractivity (Wildman–Crippen MR) is 75.5 cm³/mol. The highest BCUT2D eigenvalue weighted by atomic mass is 16.8. The van der Waals surface area contributed by atoms with Crippen molar-refractivity contribution >= 4 is 12.3 Å². The molecule has 0 saturated heterocycles. The molecule has 0 heterocycles. The summed E-state index contributed by atoms with van der Waals surface area (Å²) in [5.74, 6) is -5.80. The molecule has 0 aliphatic heterocycles. The number of carboxylic acid groups (broad SMARTS) is 2. The Bertz CT molecular complexity index is 643. The maximum absolute atomic E-state index is 10.8. The van der Waals surface area contributed by atoms with Crippen LogP contribution in [0.25, 0.3) is 0 Å². The maximum Gasteiger partial charge on any atom is 0.509 e. The Labute approximate surface area is 130 Å². The lowest BCUT2D eigenvalue weighted by Gasteiger charge is -2.38. The minimum absolute atomic E-state index is 0.279. The van der Waals surface area contributed by atoms with E-state index in [4.69, 9.17) is 10.2 Å². The number of benzene rings is 1. The van der Waals surface area contributed by atoms with Gasteiger partial charge in [0.2, 0.25) is 0 Å². The summed E-state index contributed by atoms with van der Waals surface area (Å²) in [5.41, 5.74) is 1.23. The molecule has 8 nitrogen and oxygen atoms in total. The Hall–Kier alpha value is -2.84. The molecule has 0 spiro atoms. The Morgan fingerprint density at radius 3 is 2.09 bits per heavy atom. The van der Waals surface area contributed by atoms with Gasteiger partial charge in [0.1, 0.15) is 0 Å². The average Bonchev–Trinajstić information content (AvgIpc) is 2.43. The van der Waals surface area contributed by atoms with E-state index in [1.54, 1.807) is 24.3 Å². The SMILES string of the molecule is O=C(O)OC1(OC(=O)O)C=C(Cc2ccccc2)C=CC1(O)O. The van der Waals surface area contributed by atoms with E-state index >= 15 is 0 Å². The summed E-state index contributed by atoms with van der Waals surface area (Å²) in [4.78, 5) is 21.7. The van der Waals surface area contributed by atoms with Gasteiger partial charge in [-0.3, -0.25) is 0 Å². The fraction of sp³-hybridized carbons (Fsp3) is 0.200. The molecule has 8 heteroatoms. The summed E-state index contributed by atoms with van der Waals surface area (Å²) in [6, 6.07) is 8.99. The second-order valence-electron chi connectivity index (χ2n) is 4.84. The lowest BCUT2D eigenvalue weighted by molar-refractivity contribution is -0.310. The smallest absolute Gasteiger partial charge is 0.450 e. The van der Waals surface area contributed by atoms with Crippen LogP contribution in [-0.2, 0) is 15.9 Å². The number of ether oxygens (including phenoxy) is 2. The van der Waals surface area contributed by atoms with E-state index in [9.17, 15) is 19.8 Å². The maximum atomic E-state index is 10.8. The third-order valence-corrected chi connectivity index (χ3v) is 3.15. The number of hydrogen-bond acceptors (Lipinski definition) is 6. The largest absolute Gasteiger partial charge is 0.509 e. The Kier molecular flexibility index (Phi) is 4.39. The Morgan fingerprint density at radius 2 is 1.57 bits per heavy atom. The number of aliphatic hydroxyl groups is 2. The standard InChI is InChI=1S/C15H14O8/c16-12(17)22-15(23-13(18)19)9-11(6-7-14(15,20)21)8-10-4-2-1-3-5-10/h1-7,9,20-21H,8H2,(H,16,17)(H,18,19). The van der Waals surface area contributed by atoms with Crippen LogP contribution in [-0.4, -0.2) is 44.3 Å². The third-order valence-electron chi connectivity index (χ3n) is 3.15. The van der Waals surface area contributed by atoms with Crippen molar-refractivity contribution in [1.29, 1.82) is 0 Å². The average molecular weight is 322 g/mol. The molecular weight excluding hydrogens is 308 g/mol. The molecule has 0 atom stereocenters. The van der Waals surface area contributed by atoms with Crippen LogP contribution in [0.3, 0.4) is 0 Å². The number of hydrogen-bond donors (Lipinski definition) is 4. The summed E-state index contributed by atoms with van der Waals surface area (Å²) in [7, 11) is 0. The van der Waals surface area contributed by atoms with Crippen LogP contribution in [0.5, 0.6) is 0 Å². The summed E-state index contributed by atoms with van der Waals surface area (Å²) in [6.07, 6.45) is -0.531. The molecule has 0 fully saturated rings. The van der Waals surface area contributed by atoms with Gasteiger partial charge in [0.15, 0.2) is 0 Å². The first kappa shape index (κ1) is 16.5. The van der Waals surface area contributed by atoms with Gasteiger partial charge < -0.3 is 29.9 Å².